The number of rotatable bonds is 7. The lowest BCUT2D eigenvalue weighted by atomic mass is 10.1. The van der Waals surface area contributed by atoms with E-state index in [0.29, 0.717) is 21.8 Å². The summed E-state index contributed by atoms with van der Waals surface area (Å²) in [6, 6.07) is 19.3. The fourth-order valence-corrected chi connectivity index (χ4v) is 3.55. The number of hydrogen-bond acceptors (Lipinski definition) is 6. The molecule has 4 rings (SSSR count). The van der Waals surface area contributed by atoms with Crippen molar-refractivity contribution >= 4 is 45.7 Å². The summed E-state index contributed by atoms with van der Waals surface area (Å²) in [7, 11) is 0. The normalized spacial score (nSPS) is 10.9. The number of amides is 1. The van der Waals surface area contributed by atoms with E-state index in [1.165, 1.54) is 0 Å². The van der Waals surface area contributed by atoms with Crippen LogP contribution in [0.25, 0.3) is 10.8 Å². The first kappa shape index (κ1) is 20.3. The molecule has 3 aromatic carbocycles. The lowest BCUT2D eigenvalue weighted by molar-refractivity contribution is -0.113. The molecule has 0 fully saturated rings. The average molecular weight is 440 g/mol. The Labute approximate surface area is 182 Å². The zero-order valence-corrected chi connectivity index (χ0v) is 17.7. The number of hydrogen-bond donors (Lipinski definition) is 1. The van der Waals surface area contributed by atoms with Gasteiger partial charge in [-0.2, -0.15) is 0 Å². The smallest absolute Gasteiger partial charge is 0.277 e. The molecule has 30 heavy (non-hydrogen) atoms. The predicted molar refractivity (Wildman–Crippen MR) is 118 cm³/mol. The van der Waals surface area contributed by atoms with Crippen molar-refractivity contribution in [3.05, 3.63) is 77.1 Å². The summed E-state index contributed by atoms with van der Waals surface area (Å²) in [6.07, 6.45) is 0. The maximum atomic E-state index is 12.2. The molecule has 152 valence electrons. The lowest BCUT2D eigenvalue weighted by Gasteiger charge is -2.07. The van der Waals surface area contributed by atoms with Crippen LogP contribution in [0.15, 0.2) is 70.3 Å². The van der Waals surface area contributed by atoms with Gasteiger partial charge in [0.1, 0.15) is 5.75 Å². The van der Waals surface area contributed by atoms with Crippen molar-refractivity contribution < 1.29 is 13.9 Å². The minimum atomic E-state index is -0.183. The molecule has 0 unspecified atom stereocenters. The number of nitrogens with one attached hydrogen (secondary N) is 1. The minimum absolute atomic E-state index is 0.138. The number of halogens is 1. The van der Waals surface area contributed by atoms with Crippen molar-refractivity contribution in [1.29, 1.82) is 0 Å². The second-order valence-electron chi connectivity index (χ2n) is 6.56. The molecule has 0 radical (unpaired) electrons. The third-order valence-electron chi connectivity index (χ3n) is 4.33. The number of ether oxygens (including phenoxy) is 1. The zero-order chi connectivity index (χ0) is 20.9. The van der Waals surface area contributed by atoms with E-state index >= 15 is 0 Å². The van der Waals surface area contributed by atoms with Gasteiger partial charge in [0.25, 0.3) is 11.1 Å². The molecule has 1 heterocycles. The van der Waals surface area contributed by atoms with Gasteiger partial charge < -0.3 is 14.5 Å². The molecular weight excluding hydrogens is 422 g/mol. The Morgan fingerprint density at radius 1 is 1.10 bits per heavy atom. The van der Waals surface area contributed by atoms with E-state index in [2.05, 4.69) is 15.5 Å². The van der Waals surface area contributed by atoms with Gasteiger partial charge in [-0.15, -0.1) is 10.2 Å². The molecule has 0 spiro atoms. The first-order valence-electron chi connectivity index (χ1n) is 9.19. The number of carbonyl (C=O) groups is 1. The van der Waals surface area contributed by atoms with Crippen LogP contribution in [0.2, 0.25) is 5.02 Å². The predicted octanol–water partition coefficient (Wildman–Crippen LogP) is 5.49. The molecule has 0 bridgehead atoms. The zero-order valence-electron chi connectivity index (χ0n) is 16.1. The molecule has 0 saturated carbocycles. The second-order valence-corrected chi connectivity index (χ2v) is 7.92. The van der Waals surface area contributed by atoms with Crippen molar-refractivity contribution in [3.63, 3.8) is 0 Å². The van der Waals surface area contributed by atoms with Crippen molar-refractivity contribution in [2.24, 2.45) is 0 Å². The van der Waals surface area contributed by atoms with Crippen LogP contribution >= 0.6 is 23.4 Å². The van der Waals surface area contributed by atoms with Gasteiger partial charge in [-0.1, -0.05) is 59.8 Å². The van der Waals surface area contributed by atoms with Gasteiger partial charge in [0.05, 0.1) is 5.75 Å². The molecule has 1 amide bonds. The van der Waals surface area contributed by atoms with Gasteiger partial charge in [0.2, 0.25) is 5.91 Å². The Balaban J connectivity index is 1.29. The van der Waals surface area contributed by atoms with Crippen molar-refractivity contribution in [1.82, 2.24) is 10.2 Å². The Morgan fingerprint density at radius 3 is 2.80 bits per heavy atom. The van der Waals surface area contributed by atoms with Crippen LogP contribution in [0.3, 0.4) is 0 Å². The molecular formula is C22H18ClN3O3S. The monoisotopic (exact) mass is 439 g/mol. The topological polar surface area (TPSA) is 77.2 Å². The Morgan fingerprint density at radius 2 is 1.93 bits per heavy atom. The van der Waals surface area contributed by atoms with Gasteiger partial charge in [0.15, 0.2) is 6.61 Å². The Bertz CT molecular complexity index is 1200. The Hall–Kier alpha value is -3.03. The number of thioether (sulfide) groups is 1. The summed E-state index contributed by atoms with van der Waals surface area (Å²) in [5, 5.41) is 13.9. The van der Waals surface area contributed by atoms with Crippen LogP contribution in [0, 0.1) is 6.92 Å². The van der Waals surface area contributed by atoms with Crippen molar-refractivity contribution in [2.75, 3.05) is 11.1 Å². The van der Waals surface area contributed by atoms with Crippen LogP contribution in [0.1, 0.15) is 11.5 Å². The number of carbonyl (C=O) groups excluding carboxylic acids is 1. The molecule has 0 atom stereocenters. The second kappa shape index (κ2) is 9.19. The van der Waals surface area contributed by atoms with Gasteiger partial charge >= 0.3 is 0 Å². The van der Waals surface area contributed by atoms with E-state index < -0.39 is 0 Å². The first-order valence-corrected chi connectivity index (χ1v) is 10.6. The molecule has 0 aliphatic rings. The van der Waals surface area contributed by atoms with E-state index in [0.717, 1.165) is 33.8 Å². The van der Waals surface area contributed by atoms with E-state index in [1.54, 1.807) is 12.1 Å². The molecule has 0 aliphatic carbocycles. The summed E-state index contributed by atoms with van der Waals surface area (Å²) in [6.45, 7) is 2.05. The number of aryl methyl sites for hydroxylation is 1. The summed E-state index contributed by atoms with van der Waals surface area (Å²) in [4.78, 5) is 12.2. The SMILES string of the molecule is Cc1ccc(Cl)cc1NC(=O)CSc1nnc(COc2ccc3ccccc3c2)o1. The summed E-state index contributed by atoms with van der Waals surface area (Å²) in [5.41, 5.74) is 1.62. The average Bonchev–Trinajstić information content (AvgIpc) is 3.21. The third kappa shape index (κ3) is 5.11. The minimum Gasteiger partial charge on any atom is -0.484 e. The molecule has 0 aliphatic heterocycles. The maximum Gasteiger partial charge on any atom is 0.277 e. The largest absolute Gasteiger partial charge is 0.484 e. The summed E-state index contributed by atoms with van der Waals surface area (Å²) >= 11 is 7.14. The van der Waals surface area contributed by atoms with Gasteiger partial charge in [-0.3, -0.25) is 4.79 Å². The fraction of sp³-hybridized carbons (Fsp3) is 0.136. The standard InChI is InChI=1S/C22H18ClN3O3S/c1-14-6-8-17(23)11-19(14)24-20(27)13-30-22-26-25-21(29-22)12-28-18-9-7-15-4-2-3-5-16(15)10-18/h2-11H,12-13H2,1H3,(H,24,27). The highest BCUT2D eigenvalue weighted by Gasteiger charge is 2.12. The van der Waals surface area contributed by atoms with Crippen LogP contribution in [0.4, 0.5) is 5.69 Å². The van der Waals surface area contributed by atoms with Gasteiger partial charge in [-0.25, -0.2) is 0 Å². The molecule has 8 heteroatoms. The van der Waals surface area contributed by atoms with Crippen LogP contribution in [-0.2, 0) is 11.4 Å². The van der Waals surface area contributed by atoms with Crippen molar-refractivity contribution in [3.8, 4) is 5.75 Å². The number of fused-ring (bicyclic) bond motifs is 1. The highest BCUT2D eigenvalue weighted by atomic mass is 35.5. The molecule has 4 aromatic rings. The fourth-order valence-electron chi connectivity index (χ4n) is 2.80. The molecule has 1 N–H and O–H groups in total. The molecule has 0 saturated heterocycles. The van der Waals surface area contributed by atoms with Gasteiger partial charge in [-0.05, 0) is 47.5 Å². The number of anilines is 1. The highest BCUT2D eigenvalue weighted by molar-refractivity contribution is 7.99. The van der Waals surface area contributed by atoms with Crippen LogP contribution in [0.5, 0.6) is 5.75 Å². The maximum absolute atomic E-state index is 12.2. The van der Waals surface area contributed by atoms with Crippen LogP contribution < -0.4 is 10.1 Å². The van der Waals surface area contributed by atoms with Crippen molar-refractivity contribution in [2.45, 2.75) is 18.8 Å². The third-order valence-corrected chi connectivity index (χ3v) is 5.39. The highest BCUT2D eigenvalue weighted by Crippen LogP contribution is 2.23. The number of benzene rings is 3. The first-order chi connectivity index (χ1) is 14.6. The number of nitrogens with zero attached hydrogens (tertiary/aromatic N) is 2. The Kier molecular flexibility index (Phi) is 6.21. The quantitative estimate of drug-likeness (QED) is 0.383. The van der Waals surface area contributed by atoms with E-state index in [-0.39, 0.29) is 18.3 Å². The summed E-state index contributed by atoms with van der Waals surface area (Å²) < 4.78 is 11.3. The van der Waals surface area contributed by atoms with E-state index in [1.807, 2.05) is 55.5 Å². The van der Waals surface area contributed by atoms with Gasteiger partial charge in [0, 0.05) is 10.7 Å². The molecule has 6 nitrogen and oxygen atoms in total. The van der Waals surface area contributed by atoms with E-state index in [9.17, 15) is 4.79 Å². The summed E-state index contributed by atoms with van der Waals surface area (Å²) in [5.74, 6) is 1.02. The van der Waals surface area contributed by atoms with E-state index in [4.69, 9.17) is 20.8 Å². The molecule has 1 aromatic heterocycles. The number of aromatic nitrogens is 2. The lowest BCUT2D eigenvalue weighted by Crippen LogP contribution is -2.14. The van der Waals surface area contributed by atoms with Crippen LogP contribution in [-0.4, -0.2) is 21.9 Å².